The van der Waals surface area contributed by atoms with Gasteiger partial charge in [-0.1, -0.05) is 30.3 Å². The van der Waals surface area contributed by atoms with Gasteiger partial charge in [0.1, 0.15) is 0 Å². The number of hydrogen-bond acceptors (Lipinski definition) is 3. The van der Waals surface area contributed by atoms with Gasteiger partial charge in [0.2, 0.25) is 5.91 Å². The van der Waals surface area contributed by atoms with Crippen LogP contribution in [0.1, 0.15) is 36.3 Å². The van der Waals surface area contributed by atoms with Crippen molar-refractivity contribution in [2.24, 2.45) is 7.05 Å². The Bertz CT molecular complexity index is 1020. The number of non-ortho nitro benzene ring substituents is 1. The second kappa shape index (κ2) is 7.46. The molecule has 3 aromatic rings. The average molecular weight is 377 g/mol. The summed E-state index contributed by atoms with van der Waals surface area (Å²) >= 11 is 0. The number of para-hydroxylation sites is 1. The van der Waals surface area contributed by atoms with Crippen LogP contribution in [-0.2, 0) is 11.8 Å². The number of fused-ring (bicyclic) bond motifs is 1. The van der Waals surface area contributed by atoms with Crippen molar-refractivity contribution in [3.63, 3.8) is 0 Å². The minimum atomic E-state index is -0.397. The number of rotatable bonds is 5. The van der Waals surface area contributed by atoms with Crippen LogP contribution in [0.5, 0.6) is 0 Å². The Kier molecular flexibility index (Phi) is 4.86. The molecule has 1 aromatic heterocycles. The topological polar surface area (TPSA) is 68.4 Å². The third-order valence-corrected chi connectivity index (χ3v) is 5.65. The summed E-state index contributed by atoms with van der Waals surface area (Å²) in [6.45, 7) is 1.64. The molecule has 1 fully saturated rings. The lowest BCUT2D eigenvalue weighted by molar-refractivity contribution is -0.384. The molecule has 2 heterocycles. The fraction of sp³-hybridized carbons (Fsp3) is 0.318. The summed E-state index contributed by atoms with van der Waals surface area (Å²) < 4.78 is 2.07. The molecule has 0 N–H and O–H groups in total. The molecule has 28 heavy (non-hydrogen) atoms. The van der Waals surface area contributed by atoms with E-state index in [1.54, 1.807) is 12.1 Å². The van der Waals surface area contributed by atoms with E-state index in [-0.39, 0.29) is 17.5 Å². The number of likely N-dealkylation sites (tertiary alicyclic amines) is 1. The number of carbonyl (C=O) groups excluding carboxylic acids is 1. The summed E-state index contributed by atoms with van der Waals surface area (Å²) in [6, 6.07) is 14.7. The van der Waals surface area contributed by atoms with E-state index in [1.165, 1.54) is 12.1 Å². The summed E-state index contributed by atoms with van der Waals surface area (Å²) in [5.41, 5.74) is 3.18. The molecule has 1 aliphatic heterocycles. The smallest absolute Gasteiger partial charge is 0.269 e. The highest BCUT2D eigenvalue weighted by molar-refractivity contribution is 5.86. The first kappa shape index (κ1) is 18.2. The zero-order valence-corrected chi connectivity index (χ0v) is 15.9. The van der Waals surface area contributed by atoms with Gasteiger partial charge in [-0.3, -0.25) is 14.9 Å². The summed E-state index contributed by atoms with van der Waals surface area (Å²) in [4.78, 5) is 25.5. The van der Waals surface area contributed by atoms with Crippen LogP contribution >= 0.6 is 0 Å². The van der Waals surface area contributed by atoms with E-state index >= 15 is 0 Å². The summed E-state index contributed by atoms with van der Waals surface area (Å²) in [6.07, 6.45) is 4.56. The number of benzene rings is 2. The number of amides is 1. The van der Waals surface area contributed by atoms with Gasteiger partial charge >= 0.3 is 0 Å². The number of aromatic nitrogens is 1. The van der Waals surface area contributed by atoms with Gasteiger partial charge in [0.25, 0.3) is 5.69 Å². The number of carbonyl (C=O) groups is 1. The van der Waals surface area contributed by atoms with Gasteiger partial charge in [-0.05, 0) is 30.0 Å². The van der Waals surface area contributed by atoms with Crippen molar-refractivity contribution in [3.05, 3.63) is 76.0 Å². The molecule has 144 valence electrons. The average Bonchev–Trinajstić information content (AvgIpc) is 3.35. The number of nitro benzene ring substituents is 1. The Hall–Kier alpha value is -3.15. The lowest BCUT2D eigenvalue weighted by Crippen LogP contribution is -2.29. The second-order valence-electron chi connectivity index (χ2n) is 7.41. The highest BCUT2D eigenvalue weighted by atomic mass is 16.6. The predicted octanol–water partition coefficient (Wildman–Crippen LogP) is 4.23. The molecule has 0 radical (unpaired) electrons. The highest BCUT2D eigenvalue weighted by Crippen LogP contribution is 2.35. The maximum Gasteiger partial charge on any atom is 0.269 e. The van der Waals surface area contributed by atoms with E-state index in [1.807, 2.05) is 24.1 Å². The SMILES string of the molecule is Cn1cc([C@@H](CC(=O)N2CCCC2)c2ccc([N+](=O)[O-])cc2)c2ccccc21. The van der Waals surface area contributed by atoms with Crippen LogP contribution < -0.4 is 0 Å². The zero-order valence-electron chi connectivity index (χ0n) is 15.9. The van der Waals surface area contributed by atoms with Crippen molar-refractivity contribution in [1.29, 1.82) is 0 Å². The largest absolute Gasteiger partial charge is 0.350 e. The van der Waals surface area contributed by atoms with Crippen molar-refractivity contribution >= 4 is 22.5 Å². The molecule has 1 atom stereocenters. The third-order valence-electron chi connectivity index (χ3n) is 5.65. The molecule has 6 heteroatoms. The van der Waals surface area contributed by atoms with Crippen LogP contribution in [0.25, 0.3) is 10.9 Å². The van der Waals surface area contributed by atoms with Crippen LogP contribution in [0.15, 0.2) is 54.7 Å². The number of nitrogens with zero attached hydrogens (tertiary/aromatic N) is 3. The Morgan fingerprint density at radius 3 is 2.46 bits per heavy atom. The Balaban J connectivity index is 1.76. The molecule has 4 rings (SSSR count). The first-order valence-electron chi connectivity index (χ1n) is 9.60. The van der Waals surface area contributed by atoms with Crippen molar-refractivity contribution in [3.8, 4) is 0 Å². The fourth-order valence-electron chi connectivity index (χ4n) is 4.16. The fourth-order valence-corrected chi connectivity index (χ4v) is 4.16. The van der Waals surface area contributed by atoms with E-state index in [9.17, 15) is 14.9 Å². The van der Waals surface area contributed by atoms with Crippen LogP contribution in [0.3, 0.4) is 0 Å². The van der Waals surface area contributed by atoms with Gasteiger partial charge in [0.15, 0.2) is 0 Å². The standard InChI is InChI=1S/C22H23N3O3/c1-23-15-20(18-6-2-3-7-21(18)23)19(14-22(26)24-12-4-5-13-24)16-8-10-17(11-9-16)25(27)28/h2-3,6-11,15,19H,4-5,12-14H2,1H3/t19-/m0/s1. The van der Waals surface area contributed by atoms with Gasteiger partial charge in [0.05, 0.1) is 4.92 Å². The predicted molar refractivity (Wildman–Crippen MR) is 108 cm³/mol. The van der Waals surface area contributed by atoms with Crippen molar-refractivity contribution in [1.82, 2.24) is 9.47 Å². The summed E-state index contributed by atoms with van der Waals surface area (Å²) in [7, 11) is 2.00. The molecule has 0 aliphatic carbocycles. The van der Waals surface area contributed by atoms with Crippen molar-refractivity contribution in [2.75, 3.05) is 13.1 Å². The van der Waals surface area contributed by atoms with Crippen molar-refractivity contribution < 1.29 is 9.72 Å². The first-order chi connectivity index (χ1) is 13.5. The number of nitro groups is 1. The number of hydrogen-bond donors (Lipinski definition) is 0. The molecule has 1 aliphatic rings. The van der Waals surface area contributed by atoms with Gasteiger partial charge < -0.3 is 9.47 Å². The molecule has 2 aromatic carbocycles. The van der Waals surface area contributed by atoms with Gasteiger partial charge in [0, 0.05) is 61.7 Å². The first-order valence-corrected chi connectivity index (χ1v) is 9.60. The Morgan fingerprint density at radius 2 is 1.79 bits per heavy atom. The molecule has 6 nitrogen and oxygen atoms in total. The minimum absolute atomic E-state index is 0.0614. The minimum Gasteiger partial charge on any atom is -0.350 e. The summed E-state index contributed by atoms with van der Waals surface area (Å²) in [5, 5.41) is 12.1. The lowest BCUT2D eigenvalue weighted by atomic mass is 9.87. The second-order valence-corrected chi connectivity index (χ2v) is 7.41. The van der Waals surface area contributed by atoms with E-state index in [2.05, 4.69) is 22.9 Å². The van der Waals surface area contributed by atoms with Crippen molar-refractivity contribution in [2.45, 2.75) is 25.2 Å². The molecule has 0 saturated carbocycles. The quantitative estimate of drug-likeness (QED) is 0.493. The maximum absolute atomic E-state index is 12.9. The molecule has 1 amide bonds. The van der Waals surface area contributed by atoms with Crippen LogP contribution in [0, 0.1) is 10.1 Å². The van der Waals surface area contributed by atoms with Crippen LogP contribution in [0.4, 0.5) is 5.69 Å². The molecule has 0 bridgehead atoms. The normalized spacial score (nSPS) is 15.1. The molecular formula is C22H23N3O3. The monoisotopic (exact) mass is 377 g/mol. The summed E-state index contributed by atoms with van der Waals surface area (Å²) in [5.74, 6) is 0.00814. The van der Waals surface area contributed by atoms with E-state index < -0.39 is 4.92 Å². The highest BCUT2D eigenvalue weighted by Gasteiger charge is 2.26. The third kappa shape index (κ3) is 3.38. The van der Waals surface area contributed by atoms with Gasteiger partial charge in [-0.2, -0.15) is 0 Å². The number of aryl methyl sites for hydroxylation is 1. The van der Waals surface area contributed by atoms with Gasteiger partial charge in [-0.15, -0.1) is 0 Å². The van der Waals surface area contributed by atoms with E-state index in [0.29, 0.717) is 6.42 Å². The molecule has 0 spiro atoms. The van der Waals surface area contributed by atoms with Crippen LogP contribution in [0.2, 0.25) is 0 Å². The van der Waals surface area contributed by atoms with Crippen LogP contribution in [-0.4, -0.2) is 33.4 Å². The van der Waals surface area contributed by atoms with E-state index in [4.69, 9.17) is 0 Å². The molecule has 1 saturated heterocycles. The van der Waals surface area contributed by atoms with Gasteiger partial charge in [-0.25, -0.2) is 0 Å². The Labute approximate surface area is 163 Å². The molecule has 0 unspecified atom stereocenters. The molecular weight excluding hydrogens is 354 g/mol. The maximum atomic E-state index is 12.9. The van der Waals surface area contributed by atoms with E-state index in [0.717, 1.165) is 48.0 Å². The Morgan fingerprint density at radius 1 is 1.11 bits per heavy atom. The zero-order chi connectivity index (χ0) is 19.7. The lowest BCUT2D eigenvalue weighted by Gasteiger charge is -2.21.